The van der Waals surface area contributed by atoms with Gasteiger partial charge in [0.1, 0.15) is 0 Å². The molecule has 5 heteroatoms. The van der Waals surface area contributed by atoms with Crippen molar-refractivity contribution in [2.45, 2.75) is 19.0 Å². The third-order valence-corrected chi connectivity index (χ3v) is 2.42. The van der Waals surface area contributed by atoms with Crippen LogP contribution >= 0.6 is 0 Å². The molecule has 0 bridgehead atoms. The van der Waals surface area contributed by atoms with E-state index in [9.17, 15) is 4.79 Å². The normalized spacial score (nSPS) is 11.5. The monoisotopic (exact) mass is 234 g/mol. The van der Waals surface area contributed by atoms with Crippen molar-refractivity contribution in [2.24, 2.45) is 0 Å². The van der Waals surface area contributed by atoms with Crippen LogP contribution < -0.4 is 0 Å². The van der Waals surface area contributed by atoms with Crippen LogP contribution in [0.4, 0.5) is 4.79 Å². The van der Waals surface area contributed by atoms with Crippen LogP contribution in [0.1, 0.15) is 12.0 Å². The lowest BCUT2D eigenvalue weighted by Crippen LogP contribution is -2.41. The van der Waals surface area contributed by atoms with E-state index in [-0.39, 0.29) is 19.6 Å². The molecule has 1 rings (SSSR count). The Morgan fingerprint density at radius 3 is 2.53 bits per heavy atom. The number of aliphatic hydroxyl groups excluding tert-OH is 1. The molecule has 0 saturated carbocycles. The van der Waals surface area contributed by atoms with E-state index >= 15 is 0 Å². The molecule has 1 atom stereocenters. The summed E-state index contributed by atoms with van der Waals surface area (Å²) in [4.78, 5) is 12.2. The van der Waals surface area contributed by atoms with Gasteiger partial charge in [-0.25, -0.2) is 4.79 Å². The van der Waals surface area contributed by atoms with Gasteiger partial charge in [0.25, 0.3) is 0 Å². The highest BCUT2D eigenvalue weighted by molar-refractivity contribution is 5.65. The molecule has 0 aliphatic carbocycles. The van der Waals surface area contributed by atoms with Gasteiger partial charge in [-0.2, -0.15) is 5.26 Å². The highest BCUT2D eigenvalue weighted by atomic mass is 16.4. The zero-order chi connectivity index (χ0) is 12.7. The van der Waals surface area contributed by atoms with Crippen molar-refractivity contribution in [2.75, 3.05) is 6.61 Å². The minimum atomic E-state index is -1.14. The second kappa shape index (κ2) is 6.51. The lowest BCUT2D eigenvalue weighted by Gasteiger charge is -2.26. The zero-order valence-electron chi connectivity index (χ0n) is 9.28. The van der Waals surface area contributed by atoms with Crippen LogP contribution in [0.25, 0.3) is 0 Å². The number of carboxylic acid groups (broad SMARTS) is 1. The third kappa shape index (κ3) is 3.78. The molecule has 1 aromatic rings. The van der Waals surface area contributed by atoms with E-state index in [1.165, 1.54) is 0 Å². The molecule has 90 valence electrons. The molecular formula is C12H14N2O3. The number of nitrogens with zero attached hydrogens (tertiary/aromatic N) is 2. The van der Waals surface area contributed by atoms with Crippen LogP contribution in [0.2, 0.25) is 0 Å². The Bertz CT molecular complexity index is 400. The molecule has 2 N–H and O–H groups in total. The van der Waals surface area contributed by atoms with Gasteiger partial charge >= 0.3 is 6.09 Å². The van der Waals surface area contributed by atoms with Crippen molar-refractivity contribution < 1.29 is 15.0 Å². The summed E-state index contributed by atoms with van der Waals surface area (Å²) < 4.78 is 0. The van der Waals surface area contributed by atoms with Gasteiger partial charge in [-0.15, -0.1) is 0 Å². The van der Waals surface area contributed by atoms with Crippen LogP contribution in [0.3, 0.4) is 0 Å². The molecule has 0 aliphatic rings. The van der Waals surface area contributed by atoms with E-state index in [4.69, 9.17) is 15.5 Å². The SMILES string of the molecule is N#CCC(CO)N(Cc1ccccc1)C(=O)O. The van der Waals surface area contributed by atoms with Crippen LogP contribution in [0, 0.1) is 11.3 Å². The summed E-state index contributed by atoms with van der Waals surface area (Å²) in [6.07, 6.45) is -1.15. The van der Waals surface area contributed by atoms with Crippen LogP contribution in [-0.2, 0) is 6.54 Å². The first-order chi connectivity index (χ1) is 8.19. The van der Waals surface area contributed by atoms with Crippen molar-refractivity contribution >= 4 is 6.09 Å². The number of benzene rings is 1. The lowest BCUT2D eigenvalue weighted by molar-refractivity contribution is 0.0948. The molecule has 0 aliphatic heterocycles. The Labute approximate surface area is 99.5 Å². The summed E-state index contributed by atoms with van der Waals surface area (Å²) in [5.41, 5.74) is 0.825. The van der Waals surface area contributed by atoms with Crippen LogP contribution in [0.15, 0.2) is 30.3 Å². The van der Waals surface area contributed by atoms with Gasteiger partial charge in [-0.1, -0.05) is 30.3 Å². The van der Waals surface area contributed by atoms with Crippen molar-refractivity contribution in [1.82, 2.24) is 4.90 Å². The Kier molecular flexibility index (Phi) is 4.98. The summed E-state index contributed by atoms with van der Waals surface area (Å²) in [6.45, 7) is -0.185. The average Bonchev–Trinajstić information content (AvgIpc) is 2.34. The van der Waals surface area contributed by atoms with Gasteiger partial charge in [-0.05, 0) is 5.56 Å². The third-order valence-electron chi connectivity index (χ3n) is 2.42. The first-order valence-electron chi connectivity index (χ1n) is 5.20. The Balaban J connectivity index is 2.80. The largest absolute Gasteiger partial charge is 0.465 e. The van der Waals surface area contributed by atoms with Crippen molar-refractivity contribution in [3.63, 3.8) is 0 Å². The summed E-state index contributed by atoms with van der Waals surface area (Å²) >= 11 is 0. The predicted octanol–water partition coefficient (Wildman–Crippen LogP) is 1.44. The highest BCUT2D eigenvalue weighted by Crippen LogP contribution is 2.10. The lowest BCUT2D eigenvalue weighted by atomic mass is 10.1. The maximum atomic E-state index is 11.1. The predicted molar refractivity (Wildman–Crippen MR) is 61.1 cm³/mol. The fourth-order valence-electron chi connectivity index (χ4n) is 1.51. The number of aliphatic hydroxyl groups is 1. The first kappa shape index (κ1) is 13.0. The molecule has 0 heterocycles. The van der Waals surface area contributed by atoms with E-state index in [1.54, 1.807) is 12.1 Å². The van der Waals surface area contributed by atoms with E-state index in [1.807, 2.05) is 24.3 Å². The number of carbonyl (C=O) groups is 1. The second-order valence-electron chi connectivity index (χ2n) is 3.59. The van der Waals surface area contributed by atoms with Gasteiger partial charge in [-0.3, -0.25) is 4.90 Å². The Morgan fingerprint density at radius 1 is 1.41 bits per heavy atom. The fourth-order valence-corrected chi connectivity index (χ4v) is 1.51. The smallest absolute Gasteiger partial charge is 0.407 e. The number of rotatable bonds is 5. The summed E-state index contributed by atoms with van der Waals surface area (Å²) in [6, 6.07) is 10.3. The van der Waals surface area contributed by atoms with E-state index < -0.39 is 12.1 Å². The first-order valence-corrected chi connectivity index (χ1v) is 5.20. The van der Waals surface area contributed by atoms with Gasteiger partial charge in [0.05, 0.1) is 25.1 Å². The van der Waals surface area contributed by atoms with Gasteiger partial charge < -0.3 is 10.2 Å². The number of hydrogen-bond acceptors (Lipinski definition) is 3. The van der Waals surface area contributed by atoms with Crippen molar-refractivity contribution in [3.05, 3.63) is 35.9 Å². The highest BCUT2D eigenvalue weighted by Gasteiger charge is 2.22. The average molecular weight is 234 g/mol. The molecule has 0 spiro atoms. The number of amides is 1. The van der Waals surface area contributed by atoms with Crippen LogP contribution in [-0.4, -0.2) is 33.9 Å². The second-order valence-corrected chi connectivity index (χ2v) is 3.59. The molecule has 0 fully saturated rings. The molecule has 17 heavy (non-hydrogen) atoms. The van der Waals surface area contributed by atoms with E-state index in [0.29, 0.717) is 0 Å². The Hall–Kier alpha value is -2.06. The van der Waals surface area contributed by atoms with Gasteiger partial charge in [0, 0.05) is 6.54 Å². The summed E-state index contributed by atoms with van der Waals surface area (Å²) in [5.74, 6) is 0. The summed E-state index contributed by atoms with van der Waals surface area (Å²) in [5, 5.41) is 26.8. The van der Waals surface area contributed by atoms with Crippen LogP contribution in [0.5, 0.6) is 0 Å². The molecule has 0 radical (unpaired) electrons. The molecule has 5 nitrogen and oxygen atoms in total. The maximum Gasteiger partial charge on any atom is 0.407 e. The van der Waals surface area contributed by atoms with Gasteiger partial charge in [0.15, 0.2) is 0 Å². The van der Waals surface area contributed by atoms with E-state index in [0.717, 1.165) is 10.5 Å². The van der Waals surface area contributed by atoms with E-state index in [2.05, 4.69) is 0 Å². The quantitative estimate of drug-likeness (QED) is 0.807. The minimum absolute atomic E-state index is 0.0182. The zero-order valence-corrected chi connectivity index (χ0v) is 9.28. The topological polar surface area (TPSA) is 84.6 Å². The van der Waals surface area contributed by atoms with Gasteiger partial charge in [0.2, 0.25) is 0 Å². The standard InChI is InChI=1S/C12H14N2O3/c13-7-6-11(9-15)14(12(16)17)8-10-4-2-1-3-5-10/h1-5,11,15H,6,8-9H2,(H,16,17). The molecule has 0 saturated heterocycles. The minimum Gasteiger partial charge on any atom is -0.465 e. The molecule has 1 amide bonds. The van der Waals surface area contributed by atoms with Crippen molar-refractivity contribution in [1.29, 1.82) is 5.26 Å². The maximum absolute atomic E-state index is 11.1. The number of hydrogen-bond donors (Lipinski definition) is 2. The molecule has 0 aromatic heterocycles. The summed E-state index contributed by atoms with van der Waals surface area (Å²) in [7, 11) is 0. The number of nitriles is 1. The Morgan fingerprint density at radius 2 is 2.06 bits per heavy atom. The molecule has 1 aromatic carbocycles. The fraction of sp³-hybridized carbons (Fsp3) is 0.333. The van der Waals surface area contributed by atoms with Crippen molar-refractivity contribution in [3.8, 4) is 6.07 Å². The molecule has 1 unspecified atom stereocenters. The molecular weight excluding hydrogens is 220 g/mol.